The predicted octanol–water partition coefficient (Wildman–Crippen LogP) is 3.97. The summed E-state index contributed by atoms with van der Waals surface area (Å²) in [5.74, 6) is 0.111. The molecule has 0 atom stereocenters. The van der Waals surface area contributed by atoms with Crippen molar-refractivity contribution in [3.63, 3.8) is 0 Å². The fourth-order valence-corrected chi connectivity index (χ4v) is 4.88. The van der Waals surface area contributed by atoms with Crippen LogP contribution in [-0.4, -0.2) is 63.7 Å². The second-order valence-corrected chi connectivity index (χ2v) is 8.60. The first-order chi connectivity index (χ1) is 16.1. The smallest absolute Gasteiger partial charge is 0.341 e. The zero-order valence-electron chi connectivity index (χ0n) is 18.7. The Kier molecular flexibility index (Phi) is 7.26. The number of rotatable bonds is 7. The van der Waals surface area contributed by atoms with Crippen LogP contribution in [0, 0.1) is 0 Å². The fourth-order valence-electron chi connectivity index (χ4n) is 3.91. The summed E-state index contributed by atoms with van der Waals surface area (Å²) in [6.07, 6.45) is 0. The lowest BCUT2D eigenvalue weighted by atomic mass is 10.0. The molecule has 0 aliphatic carbocycles. The molecular weight excluding hydrogens is 438 g/mol. The first-order valence-electron chi connectivity index (χ1n) is 10.8. The minimum Gasteiger partial charge on any atom is -0.497 e. The van der Waals surface area contributed by atoms with Gasteiger partial charge in [0.25, 0.3) is 0 Å². The van der Waals surface area contributed by atoms with Crippen LogP contribution in [0.25, 0.3) is 11.1 Å². The summed E-state index contributed by atoms with van der Waals surface area (Å²) in [5, 5.41) is 5.29. The van der Waals surface area contributed by atoms with Crippen LogP contribution in [0.2, 0.25) is 0 Å². The number of thiophene rings is 1. The van der Waals surface area contributed by atoms with Gasteiger partial charge < -0.3 is 19.7 Å². The molecular formula is C25H27N3O4S. The number of carbonyl (C=O) groups excluding carboxylic acids is 2. The largest absolute Gasteiger partial charge is 0.497 e. The van der Waals surface area contributed by atoms with Crippen molar-refractivity contribution in [1.82, 2.24) is 4.90 Å². The van der Waals surface area contributed by atoms with Gasteiger partial charge in [-0.15, -0.1) is 11.3 Å². The molecule has 0 bridgehead atoms. The average molecular weight is 466 g/mol. The van der Waals surface area contributed by atoms with Gasteiger partial charge in [-0.1, -0.05) is 30.3 Å². The molecule has 7 nitrogen and oxygen atoms in total. The molecule has 33 heavy (non-hydrogen) atoms. The number of benzene rings is 2. The molecule has 1 N–H and O–H groups in total. The van der Waals surface area contributed by atoms with Crippen LogP contribution in [-0.2, 0) is 9.53 Å². The predicted molar refractivity (Wildman–Crippen MR) is 131 cm³/mol. The van der Waals surface area contributed by atoms with Gasteiger partial charge in [0.2, 0.25) is 5.91 Å². The number of para-hydroxylation sites is 1. The van der Waals surface area contributed by atoms with Gasteiger partial charge in [0.1, 0.15) is 16.3 Å². The standard InChI is InChI=1S/C25H27N3O4S/c1-31-20-10-8-18(9-11-20)21-17-33-24(23(21)25(30)32-2)26-22(29)16-27-12-14-28(15-13-27)19-6-4-3-5-7-19/h3-11,17H,12-16H2,1-2H3,(H,26,29). The topological polar surface area (TPSA) is 71.1 Å². The van der Waals surface area contributed by atoms with Crippen LogP contribution < -0.4 is 15.0 Å². The molecule has 0 saturated carbocycles. The number of anilines is 2. The minimum atomic E-state index is -0.478. The molecule has 0 unspecified atom stereocenters. The number of hydrogen-bond acceptors (Lipinski definition) is 7. The van der Waals surface area contributed by atoms with Crippen molar-refractivity contribution in [2.75, 3.05) is 57.2 Å². The van der Waals surface area contributed by atoms with Gasteiger partial charge in [-0.3, -0.25) is 9.69 Å². The van der Waals surface area contributed by atoms with E-state index in [1.165, 1.54) is 24.1 Å². The molecule has 1 aromatic heterocycles. The third-order valence-electron chi connectivity index (χ3n) is 5.70. The Balaban J connectivity index is 1.41. The number of piperazine rings is 1. The highest BCUT2D eigenvalue weighted by Gasteiger charge is 2.24. The van der Waals surface area contributed by atoms with E-state index >= 15 is 0 Å². The SMILES string of the molecule is COC(=O)c1c(-c2ccc(OC)cc2)csc1NC(=O)CN1CCN(c2ccccc2)CC1. The fraction of sp³-hybridized carbons (Fsp3) is 0.280. The molecule has 0 radical (unpaired) electrons. The molecule has 0 spiro atoms. The van der Waals surface area contributed by atoms with Gasteiger partial charge in [0.15, 0.2) is 0 Å². The second-order valence-electron chi connectivity index (χ2n) is 7.72. The Bertz CT molecular complexity index is 1090. The molecule has 4 rings (SSSR count). The lowest BCUT2D eigenvalue weighted by Gasteiger charge is -2.35. The van der Waals surface area contributed by atoms with Crippen molar-refractivity contribution in [3.05, 3.63) is 65.5 Å². The summed E-state index contributed by atoms with van der Waals surface area (Å²) in [7, 11) is 2.95. The lowest BCUT2D eigenvalue weighted by Crippen LogP contribution is -2.48. The number of ether oxygens (including phenoxy) is 2. The zero-order valence-corrected chi connectivity index (χ0v) is 19.6. The molecule has 1 saturated heterocycles. The van der Waals surface area contributed by atoms with Crippen LogP contribution in [0.4, 0.5) is 10.7 Å². The molecule has 1 amide bonds. The van der Waals surface area contributed by atoms with Crippen molar-refractivity contribution >= 4 is 33.9 Å². The van der Waals surface area contributed by atoms with E-state index in [9.17, 15) is 9.59 Å². The van der Waals surface area contributed by atoms with Crippen LogP contribution in [0.1, 0.15) is 10.4 Å². The van der Waals surface area contributed by atoms with Crippen molar-refractivity contribution in [1.29, 1.82) is 0 Å². The highest BCUT2D eigenvalue weighted by molar-refractivity contribution is 7.15. The van der Waals surface area contributed by atoms with Crippen molar-refractivity contribution in [2.24, 2.45) is 0 Å². The maximum absolute atomic E-state index is 12.8. The summed E-state index contributed by atoms with van der Waals surface area (Å²) in [4.78, 5) is 29.8. The van der Waals surface area contributed by atoms with Gasteiger partial charge in [0, 0.05) is 42.8 Å². The molecule has 172 valence electrons. The van der Waals surface area contributed by atoms with E-state index in [4.69, 9.17) is 9.47 Å². The Morgan fingerprint density at radius 3 is 2.30 bits per heavy atom. The molecule has 1 aliphatic heterocycles. The molecule has 8 heteroatoms. The maximum atomic E-state index is 12.8. The van der Waals surface area contributed by atoms with Crippen LogP contribution >= 0.6 is 11.3 Å². The van der Waals surface area contributed by atoms with Crippen molar-refractivity contribution < 1.29 is 19.1 Å². The van der Waals surface area contributed by atoms with Crippen LogP contribution in [0.5, 0.6) is 5.75 Å². The summed E-state index contributed by atoms with van der Waals surface area (Å²) >= 11 is 1.32. The molecule has 2 heterocycles. The van der Waals surface area contributed by atoms with E-state index < -0.39 is 5.97 Å². The van der Waals surface area contributed by atoms with E-state index in [0.29, 0.717) is 10.6 Å². The number of nitrogens with zero attached hydrogens (tertiary/aromatic N) is 2. The molecule has 1 aliphatic rings. The zero-order chi connectivity index (χ0) is 23.2. The number of carbonyl (C=O) groups is 2. The van der Waals surface area contributed by atoms with E-state index in [1.54, 1.807) is 7.11 Å². The molecule has 3 aromatic rings. The van der Waals surface area contributed by atoms with Gasteiger partial charge in [0.05, 0.1) is 20.8 Å². The van der Waals surface area contributed by atoms with E-state index in [0.717, 1.165) is 43.1 Å². The highest BCUT2D eigenvalue weighted by Crippen LogP contribution is 2.36. The number of esters is 1. The minimum absolute atomic E-state index is 0.142. The number of nitrogens with one attached hydrogen (secondary N) is 1. The Labute approximate surface area is 197 Å². The van der Waals surface area contributed by atoms with Crippen LogP contribution in [0.3, 0.4) is 0 Å². The summed E-state index contributed by atoms with van der Waals surface area (Å²) in [5.41, 5.74) is 3.15. The normalized spacial score (nSPS) is 14.1. The second kappa shape index (κ2) is 10.5. The first-order valence-corrected chi connectivity index (χ1v) is 11.6. The van der Waals surface area contributed by atoms with Gasteiger partial charge in [-0.05, 0) is 29.8 Å². The summed E-state index contributed by atoms with van der Waals surface area (Å²) in [6.45, 7) is 3.61. The van der Waals surface area contributed by atoms with Crippen molar-refractivity contribution in [3.8, 4) is 16.9 Å². The number of methoxy groups -OCH3 is 2. The maximum Gasteiger partial charge on any atom is 0.341 e. The quantitative estimate of drug-likeness (QED) is 0.533. The van der Waals surface area contributed by atoms with Gasteiger partial charge in [-0.25, -0.2) is 4.79 Å². The number of hydrogen-bond donors (Lipinski definition) is 1. The monoisotopic (exact) mass is 465 g/mol. The lowest BCUT2D eigenvalue weighted by molar-refractivity contribution is -0.117. The average Bonchev–Trinajstić information content (AvgIpc) is 3.27. The van der Waals surface area contributed by atoms with Crippen molar-refractivity contribution in [2.45, 2.75) is 0 Å². The Hall–Kier alpha value is -3.36. The Morgan fingerprint density at radius 2 is 1.67 bits per heavy atom. The van der Waals surface area contributed by atoms with Crippen LogP contribution in [0.15, 0.2) is 60.0 Å². The molecule has 2 aromatic carbocycles. The van der Waals surface area contributed by atoms with Gasteiger partial charge >= 0.3 is 5.97 Å². The number of amides is 1. The van der Waals surface area contributed by atoms with Gasteiger partial charge in [-0.2, -0.15) is 0 Å². The van der Waals surface area contributed by atoms with E-state index in [2.05, 4.69) is 27.2 Å². The third-order valence-corrected chi connectivity index (χ3v) is 6.59. The van der Waals surface area contributed by atoms with E-state index in [-0.39, 0.29) is 12.5 Å². The molecule has 1 fully saturated rings. The summed E-state index contributed by atoms with van der Waals surface area (Å²) in [6, 6.07) is 17.7. The summed E-state index contributed by atoms with van der Waals surface area (Å²) < 4.78 is 10.2. The Morgan fingerprint density at radius 1 is 0.970 bits per heavy atom. The highest BCUT2D eigenvalue weighted by atomic mass is 32.1. The third kappa shape index (κ3) is 5.35. The van der Waals surface area contributed by atoms with E-state index in [1.807, 2.05) is 47.8 Å². The first kappa shape index (κ1) is 22.8.